The van der Waals surface area contributed by atoms with Crippen molar-refractivity contribution >= 4 is 0 Å². The highest BCUT2D eigenvalue weighted by Gasteiger charge is 2.32. The van der Waals surface area contributed by atoms with Crippen LogP contribution in [0.5, 0.6) is 11.5 Å². The molecule has 4 aromatic carbocycles. The monoisotopic (exact) mass is 463 g/mol. The zero-order valence-corrected chi connectivity index (χ0v) is 20.6. The van der Waals surface area contributed by atoms with Crippen molar-refractivity contribution in [3.63, 3.8) is 0 Å². The molecule has 1 aliphatic heterocycles. The molecular formula is C32H33NO2. The van der Waals surface area contributed by atoms with Crippen molar-refractivity contribution in [1.29, 1.82) is 0 Å². The Balaban J connectivity index is 1.44. The second kappa shape index (κ2) is 10.8. The van der Waals surface area contributed by atoms with E-state index in [1.165, 1.54) is 16.7 Å². The molecule has 5 rings (SSSR count). The van der Waals surface area contributed by atoms with Gasteiger partial charge >= 0.3 is 0 Å². The van der Waals surface area contributed by atoms with Gasteiger partial charge in [-0.1, -0.05) is 91.0 Å². The molecule has 1 aliphatic rings. The van der Waals surface area contributed by atoms with Gasteiger partial charge in [-0.15, -0.1) is 0 Å². The summed E-state index contributed by atoms with van der Waals surface area (Å²) in [6.45, 7) is 6.63. The topological polar surface area (TPSA) is 21.7 Å². The SMILES string of the molecule is C[C@@H]1Cc2cc(OCc3ccccc3)cc(OCc3ccccc3)c2[C@@H](C)N1Cc1ccccc1. The van der Waals surface area contributed by atoms with Crippen LogP contribution in [-0.2, 0) is 26.2 Å². The molecule has 3 heteroatoms. The Hall–Kier alpha value is -3.56. The minimum absolute atomic E-state index is 0.239. The average Bonchev–Trinajstić information content (AvgIpc) is 2.90. The number of benzene rings is 4. The van der Waals surface area contributed by atoms with Crippen molar-refractivity contribution in [2.24, 2.45) is 0 Å². The van der Waals surface area contributed by atoms with E-state index in [1.54, 1.807) is 0 Å². The number of nitrogens with zero attached hydrogens (tertiary/aromatic N) is 1. The van der Waals surface area contributed by atoms with Gasteiger partial charge < -0.3 is 9.47 Å². The average molecular weight is 464 g/mol. The van der Waals surface area contributed by atoms with Crippen LogP contribution in [0.2, 0.25) is 0 Å². The molecule has 0 aliphatic carbocycles. The van der Waals surface area contributed by atoms with Crippen LogP contribution in [0.3, 0.4) is 0 Å². The number of fused-ring (bicyclic) bond motifs is 1. The second-order valence-corrected chi connectivity index (χ2v) is 9.43. The highest BCUT2D eigenvalue weighted by Crippen LogP contribution is 2.42. The maximum Gasteiger partial charge on any atom is 0.128 e. The number of rotatable bonds is 8. The number of hydrogen-bond donors (Lipinski definition) is 0. The molecule has 0 spiro atoms. The summed E-state index contributed by atoms with van der Waals surface area (Å²) in [4.78, 5) is 2.58. The largest absolute Gasteiger partial charge is 0.489 e. The lowest BCUT2D eigenvalue weighted by molar-refractivity contribution is 0.125. The van der Waals surface area contributed by atoms with Crippen LogP contribution in [0.1, 0.15) is 47.7 Å². The smallest absolute Gasteiger partial charge is 0.128 e. The Kier molecular flexibility index (Phi) is 7.15. The zero-order valence-electron chi connectivity index (χ0n) is 20.6. The van der Waals surface area contributed by atoms with E-state index in [0.29, 0.717) is 19.3 Å². The fraction of sp³-hybridized carbons (Fsp3) is 0.250. The van der Waals surface area contributed by atoms with Crippen molar-refractivity contribution in [3.05, 3.63) is 131 Å². The van der Waals surface area contributed by atoms with E-state index >= 15 is 0 Å². The fourth-order valence-electron chi connectivity index (χ4n) is 5.05. The summed E-state index contributed by atoms with van der Waals surface area (Å²) in [5.41, 5.74) is 6.26. The first-order chi connectivity index (χ1) is 17.2. The summed E-state index contributed by atoms with van der Waals surface area (Å²) in [5.74, 6) is 1.79. The van der Waals surface area contributed by atoms with Gasteiger partial charge in [0.1, 0.15) is 24.7 Å². The summed E-state index contributed by atoms with van der Waals surface area (Å²) in [6, 6.07) is 36.4. The molecule has 0 amide bonds. The van der Waals surface area contributed by atoms with Gasteiger partial charge in [0.25, 0.3) is 0 Å². The molecule has 4 aromatic rings. The van der Waals surface area contributed by atoms with Gasteiger partial charge in [-0.05, 0) is 48.6 Å². The molecule has 0 saturated heterocycles. The summed E-state index contributed by atoms with van der Waals surface area (Å²) < 4.78 is 12.7. The molecule has 0 aromatic heterocycles. The molecule has 0 fully saturated rings. The number of hydrogen-bond acceptors (Lipinski definition) is 3. The molecule has 1 heterocycles. The molecule has 0 N–H and O–H groups in total. The highest BCUT2D eigenvalue weighted by atomic mass is 16.5. The van der Waals surface area contributed by atoms with Crippen molar-refractivity contribution in [2.45, 2.75) is 52.1 Å². The van der Waals surface area contributed by atoms with E-state index in [9.17, 15) is 0 Å². The first-order valence-electron chi connectivity index (χ1n) is 12.5. The summed E-state index contributed by atoms with van der Waals surface area (Å²) in [6.07, 6.45) is 0.969. The van der Waals surface area contributed by atoms with Crippen LogP contribution in [0.4, 0.5) is 0 Å². The third kappa shape index (κ3) is 5.58. The maximum atomic E-state index is 6.48. The highest BCUT2D eigenvalue weighted by molar-refractivity contribution is 5.50. The minimum atomic E-state index is 0.239. The van der Waals surface area contributed by atoms with E-state index < -0.39 is 0 Å². The number of ether oxygens (including phenoxy) is 2. The van der Waals surface area contributed by atoms with Gasteiger partial charge in [-0.25, -0.2) is 0 Å². The molecule has 0 bridgehead atoms. The Bertz CT molecular complexity index is 1220. The van der Waals surface area contributed by atoms with Crippen LogP contribution in [-0.4, -0.2) is 10.9 Å². The van der Waals surface area contributed by atoms with E-state index in [-0.39, 0.29) is 6.04 Å². The lowest BCUT2D eigenvalue weighted by Crippen LogP contribution is -2.40. The molecule has 2 atom stereocenters. The van der Waals surface area contributed by atoms with Gasteiger partial charge in [0.05, 0.1) is 0 Å². The Labute approximate surface area is 209 Å². The molecule has 3 nitrogen and oxygen atoms in total. The van der Waals surface area contributed by atoms with Crippen molar-refractivity contribution < 1.29 is 9.47 Å². The second-order valence-electron chi connectivity index (χ2n) is 9.43. The third-order valence-electron chi connectivity index (χ3n) is 6.89. The van der Waals surface area contributed by atoms with Crippen LogP contribution in [0.15, 0.2) is 103 Å². The Morgan fingerprint density at radius 3 is 1.83 bits per heavy atom. The van der Waals surface area contributed by atoms with Gasteiger partial charge in [-0.3, -0.25) is 4.90 Å². The van der Waals surface area contributed by atoms with Crippen LogP contribution in [0.25, 0.3) is 0 Å². The molecule has 35 heavy (non-hydrogen) atoms. The van der Waals surface area contributed by atoms with Crippen molar-refractivity contribution in [1.82, 2.24) is 4.90 Å². The van der Waals surface area contributed by atoms with Crippen molar-refractivity contribution in [2.75, 3.05) is 0 Å². The molecular weight excluding hydrogens is 430 g/mol. The van der Waals surface area contributed by atoms with E-state index in [0.717, 1.165) is 35.6 Å². The lowest BCUT2D eigenvalue weighted by Gasteiger charge is -2.41. The predicted octanol–water partition coefficient (Wildman–Crippen LogP) is 7.35. The quantitative estimate of drug-likeness (QED) is 0.273. The van der Waals surface area contributed by atoms with Gasteiger partial charge in [0, 0.05) is 30.3 Å². The van der Waals surface area contributed by atoms with Crippen molar-refractivity contribution in [3.8, 4) is 11.5 Å². The molecule has 0 saturated carbocycles. The fourth-order valence-corrected chi connectivity index (χ4v) is 5.05. The zero-order chi connectivity index (χ0) is 24.0. The van der Waals surface area contributed by atoms with E-state index in [1.807, 2.05) is 24.3 Å². The normalized spacial score (nSPS) is 17.5. The van der Waals surface area contributed by atoms with Crippen LogP contribution < -0.4 is 9.47 Å². The summed E-state index contributed by atoms with van der Waals surface area (Å²) in [5, 5.41) is 0. The third-order valence-corrected chi connectivity index (χ3v) is 6.89. The summed E-state index contributed by atoms with van der Waals surface area (Å²) in [7, 11) is 0. The van der Waals surface area contributed by atoms with Crippen LogP contribution >= 0.6 is 0 Å². The molecule has 0 radical (unpaired) electrons. The van der Waals surface area contributed by atoms with E-state index in [2.05, 4.69) is 97.6 Å². The van der Waals surface area contributed by atoms with E-state index in [4.69, 9.17) is 9.47 Å². The molecule has 178 valence electrons. The first kappa shape index (κ1) is 23.2. The molecule has 0 unspecified atom stereocenters. The minimum Gasteiger partial charge on any atom is -0.489 e. The predicted molar refractivity (Wildman–Crippen MR) is 142 cm³/mol. The maximum absolute atomic E-state index is 6.48. The van der Waals surface area contributed by atoms with Gasteiger partial charge in [0.15, 0.2) is 0 Å². The Morgan fingerprint density at radius 1 is 0.686 bits per heavy atom. The van der Waals surface area contributed by atoms with Gasteiger partial charge in [-0.2, -0.15) is 0 Å². The summed E-state index contributed by atoms with van der Waals surface area (Å²) >= 11 is 0. The van der Waals surface area contributed by atoms with Gasteiger partial charge in [0.2, 0.25) is 0 Å². The Morgan fingerprint density at radius 2 is 1.23 bits per heavy atom. The lowest BCUT2D eigenvalue weighted by atomic mass is 9.88. The standard InChI is InChI=1S/C32H33NO2/c1-24-18-29-19-30(34-22-27-14-8-4-9-15-27)20-31(35-23-28-16-10-5-11-17-28)32(29)25(2)33(24)21-26-12-6-3-7-13-26/h3-17,19-20,24-25H,18,21-23H2,1-2H3/t24-,25-/m1/s1. The van der Waals surface area contributed by atoms with Crippen LogP contribution in [0, 0.1) is 0 Å². The first-order valence-corrected chi connectivity index (χ1v) is 12.5.